The first kappa shape index (κ1) is 79.5. The number of hydrogen-bond acceptors (Lipinski definition) is 4. The number of pyridine rings is 4. The largest absolute Gasteiger partial charge is 0.147 e. The fourth-order valence-corrected chi connectivity index (χ4v) is 10.9. The van der Waals surface area contributed by atoms with Gasteiger partial charge in [-0.25, -0.2) is 0 Å². The number of nitrogens with zero attached hydrogens (tertiary/aromatic N) is 4. The van der Waals surface area contributed by atoms with Gasteiger partial charge in [-0.3, -0.25) is 19.9 Å². The zero-order valence-electron chi connectivity index (χ0n) is 55.0. The first-order valence-electron chi connectivity index (χ1n) is 31.1. The quantitative estimate of drug-likeness (QED) is 0.0804. The maximum absolute atomic E-state index is 4.50. The van der Waals surface area contributed by atoms with Crippen LogP contribution < -0.4 is 0 Å². The Morgan fingerprint density at radius 3 is 0.733 bits per heavy atom. The molecule has 0 aliphatic rings. The van der Waals surface area contributed by atoms with Crippen molar-refractivity contribution in [3.05, 3.63) is 239 Å². The summed E-state index contributed by atoms with van der Waals surface area (Å²) >= 11 is 3.48. The zero-order valence-corrected chi connectivity index (χ0v) is 65.2. The number of hydrogen-bond donors (Lipinski definition) is 0. The molecule has 0 radical (unpaired) electrons. The number of unbranched alkanes of at least 4 members (excludes halogenated alkanes) is 2. The molecule has 0 aliphatic carbocycles. The average Bonchev–Trinajstić information content (AvgIpc) is 1.94. The number of benzene rings is 4. The summed E-state index contributed by atoms with van der Waals surface area (Å²) < 4.78 is 0. The van der Waals surface area contributed by atoms with Gasteiger partial charge in [0.15, 0.2) is 0 Å². The van der Waals surface area contributed by atoms with Crippen LogP contribution in [0.15, 0.2) is 195 Å². The van der Waals surface area contributed by atoms with Gasteiger partial charge < -0.3 is 0 Å². The van der Waals surface area contributed by atoms with Gasteiger partial charge in [-0.1, -0.05) is 142 Å². The molecule has 0 N–H and O–H groups in total. The molecule has 90 heavy (non-hydrogen) atoms. The van der Waals surface area contributed by atoms with E-state index in [-0.39, 0.29) is 60.5 Å². The van der Waals surface area contributed by atoms with Gasteiger partial charge in [0, 0.05) is 24.8 Å². The average molecular weight is 1470 g/mol. The van der Waals surface area contributed by atoms with Crippen LogP contribution in [0.1, 0.15) is 111 Å². The van der Waals surface area contributed by atoms with Crippen LogP contribution >= 0.6 is 49.6 Å². The topological polar surface area (TPSA) is 51.6 Å². The van der Waals surface area contributed by atoms with Crippen LogP contribution in [0, 0.1) is 27.7 Å². The Labute approximate surface area is 594 Å². The number of fused-ring (bicyclic) bond motifs is 4. The Morgan fingerprint density at radius 1 is 0.322 bits per heavy atom. The molecule has 12 heteroatoms. The van der Waals surface area contributed by atoms with Crippen molar-refractivity contribution in [2.24, 2.45) is 0 Å². The molecular formula is C78H92Cl4N4Si2Zr2. The normalized spacial score (nSPS) is 10.2. The van der Waals surface area contributed by atoms with Gasteiger partial charge in [-0.05, 0) is 96.5 Å². The second kappa shape index (κ2) is 41.1. The minimum atomic E-state index is 0. The van der Waals surface area contributed by atoms with E-state index in [1.807, 2.05) is 61.2 Å². The summed E-state index contributed by atoms with van der Waals surface area (Å²) in [5, 5.41) is 10.8. The fraction of sp³-hybridized carbons (Fsp3) is 0.282. The smallest absolute Gasteiger partial charge is 0.147 e. The number of aromatic nitrogens is 4. The Hall–Kier alpha value is -4.72. The summed E-state index contributed by atoms with van der Waals surface area (Å²) in [7, 11) is 0. The van der Waals surface area contributed by atoms with E-state index in [0.717, 1.165) is 35.6 Å². The van der Waals surface area contributed by atoms with Crippen LogP contribution in [-0.4, -0.2) is 30.8 Å². The molecule has 0 bridgehead atoms. The maximum Gasteiger partial charge on any atom is -0.147 e. The van der Waals surface area contributed by atoms with Gasteiger partial charge in [-0.2, -0.15) is 24.3 Å². The molecule has 4 nitrogen and oxygen atoms in total. The van der Waals surface area contributed by atoms with E-state index in [9.17, 15) is 0 Å². The number of halogens is 4. The van der Waals surface area contributed by atoms with E-state index in [1.54, 1.807) is 46.7 Å². The Bertz CT molecular complexity index is 3810. The van der Waals surface area contributed by atoms with Gasteiger partial charge in [0.25, 0.3) is 0 Å². The maximum atomic E-state index is 4.50. The van der Waals surface area contributed by atoms with E-state index in [1.165, 1.54) is 161 Å². The number of rotatable bonds is 14. The van der Waals surface area contributed by atoms with E-state index in [4.69, 9.17) is 0 Å². The Balaban J connectivity index is 0.000000297. The zero-order chi connectivity index (χ0) is 61.5. The Morgan fingerprint density at radius 2 is 0.544 bits per heavy atom. The van der Waals surface area contributed by atoms with E-state index in [0.29, 0.717) is 0 Å². The second-order valence-corrected chi connectivity index (χ2v) is 41.8. The molecule has 0 saturated heterocycles. The van der Waals surface area contributed by atoms with Crippen molar-refractivity contribution >= 4 is 104 Å². The summed E-state index contributed by atoms with van der Waals surface area (Å²) in [6.45, 7) is 26.9. The molecule has 12 rings (SSSR count). The van der Waals surface area contributed by atoms with Gasteiger partial charge >= 0.3 is 83.7 Å². The van der Waals surface area contributed by atoms with Crippen LogP contribution in [0.5, 0.6) is 0 Å². The summed E-state index contributed by atoms with van der Waals surface area (Å²) in [5.41, 5.74) is 20.8. The molecule has 0 spiro atoms. The summed E-state index contributed by atoms with van der Waals surface area (Å²) in [6.07, 6.45) is 19.5. The monoisotopic (exact) mass is 1460 g/mol. The first-order chi connectivity index (χ1) is 41.6. The Kier molecular flexibility index (Phi) is 36.3. The van der Waals surface area contributed by atoms with Crippen molar-refractivity contribution < 1.29 is 46.7 Å². The molecule has 468 valence electrons. The first-order valence-corrected chi connectivity index (χ1v) is 43.5. The predicted octanol–water partition coefficient (Wildman–Crippen LogP) is 23.6. The van der Waals surface area contributed by atoms with E-state index in [2.05, 4.69) is 235 Å². The summed E-state index contributed by atoms with van der Waals surface area (Å²) in [5.74, 6) is 0. The SMILES string of the molecule is CCCCc1cc2c(-c3ccccn3)ccc(C)c2[cH-]1.CCCCc1cc2c(-c3ccccn3)ccc(C)c2[cH-]1.CCCc1cc2c(-c3ccccn3)ccc(C)c2[cH-]1.CCCc1cc2c(-c3ccccn3)ccc(C)c2[cH-]1.C[Si](C)=[Zr+2].C[Si](C)=[Zr+2].Cl.Cl.Cl.Cl. The van der Waals surface area contributed by atoms with Crippen molar-refractivity contribution in [2.45, 2.75) is 146 Å². The summed E-state index contributed by atoms with van der Waals surface area (Å²) in [4.78, 5) is 18.0. The molecule has 4 aromatic heterocycles. The molecule has 8 aromatic carbocycles. The van der Waals surface area contributed by atoms with Crippen molar-refractivity contribution in [3.63, 3.8) is 0 Å². The van der Waals surface area contributed by atoms with E-state index < -0.39 is 0 Å². The molecule has 0 unspecified atom stereocenters. The van der Waals surface area contributed by atoms with Gasteiger partial charge in [0.1, 0.15) is 0 Å². The molecule has 4 heterocycles. The third-order valence-electron chi connectivity index (χ3n) is 15.1. The van der Waals surface area contributed by atoms with Crippen LogP contribution in [0.2, 0.25) is 26.2 Å². The molecule has 12 aromatic rings. The van der Waals surface area contributed by atoms with Gasteiger partial charge in [-0.15, -0.1) is 186 Å². The standard InChI is InChI=1S/2C19H20N.2C18H18N.2C2H6Si.4ClH.2Zr/c2*1-3-4-7-15-12-17-14(2)9-10-16(18(17)13-15)19-8-5-6-11-20-19;2*1-3-6-14-11-16-13(2)8-9-15(17(16)12-14)18-7-4-5-10-19-18;2*1-3-2;;;;;;/h2*5-6,8-13H,3-4,7H2,1-2H3;2*4-5,7-12H,3,6H2,1-2H3;2*1-2H3;4*1H;;/q4*-1;;;;;;;2*+2. The van der Waals surface area contributed by atoms with Gasteiger partial charge in [0.05, 0.1) is 22.8 Å². The van der Waals surface area contributed by atoms with Crippen LogP contribution in [-0.2, 0) is 72.4 Å². The summed E-state index contributed by atoms with van der Waals surface area (Å²) in [6, 6.07) is 60.7. The molecular weight excluding hydrogens is 1370 g/mol. The molecule has 0 saturated carbocycles. The van der Waals surface area contributed by atoms with Crippen molar-refractivity contribution in [2.75, 3.05) is 0 Å². The van der Waals surface area contributed by atoms with E-state index >= 15 is 0 Å². The van der Waals surface area contributed by atoms with Crippen LogP contribution in [0.3, 0.4) is 0 Å². The van der Waals surface area contributed by atoms with Crippen molar-refractivity contribution in [1.82, 2.24) is 19.9 Å². The van der Waals surface area contributed by atoms with Crippen LogP contribution in [0.4, 0.5) is 0 Å². The minimum absolute atomic E-state index is 0. The minimum Gasteiger partial charge on any atom is -0.147 e. The van der Waals surface area contributed by atoms with Crippen molar-refractivity contribution in [1.29, 1.82) is 0 Å². The second-order valence-electron chi connectivity index (χ2n) is 23.1. The number of aryl methyl sites for hydroxylation is 8. The fourth-order valence-electron chi connectivity index (χ4n) is 10.9. The molecule has 0 aliphatic heterocycles. The molecule has 0 amide bonds. The third kappa shape index (κ3) is 22.8. The van der Waals surface area contributed by atoms with Gasteiger partial charge in [0.2, 0.25) is 0 Å². The van der Waals surface area contributed by atoms with Crippen molar-refractivity contribution in [3.8, 4) is 45.0 Å². The van der Waals surface area contributed by atoms with Crippen LogP contribution in [0.25, 0.3) is 88.1 Å². The molecule has 0 fully saturated rings. The predicted molar refractivity (Wildman–Crippen MR) is 399 cm³/mol. The molecule has 0 atom stereocenters. The third-order valence-corrected chi connectivity index (χ3v) is 15.1.